The van der Waals surface area contributed by atoms with E-state index in [1.165, 1.54) is 0 Å². The highest BCUT2D eigenvalue weighted by Crippen LogP contribution is 2.31. The number of carbonyl (C=O) groups excluding carboxylic acids is 2. The van der Waals surface area contributed by atoms with Crippen molar-refractivity contribution < 1.29 is 19.1 Å². The van der Waals surface area contributed by atoms with Gasteiger partial charge in [-0.2, -0.15) is 0 Å². The van der Waals surface area contributed by atoms with Gasteiger partial charge < -0.3 is 30.1 Å². The van der Waals surface area contributed by atoms with Crippen molar-refractivity contribution in [3.8, 4) is 23.7 Å². The SMILES string of the molecule is C[C@H](NC(=O)OC(C)(C)C)c1ncc(C#CC#Cc2cnc([C@@H](NC(=O)OC(C)(C)C)C(C)(C)C)[nH]2)[nH]1. The lowest BCUT2D eigenvalue weighted by Gasteiger charge is -2.31. The molecule has 0 saturated heterocycles. The van der Waals surface area contributed by atoms with Gasteiger partial charge in [-0.1, -0.05) is 20.8 Å². The van der Waals surface area contributed by atoms with E-state index in [1.54, 1.807) is 40.1 Å². The first kappa shape index (κ1) is 29.3. The van der Waals surface area contributed by atoms with E-state index in [0.717, 1.165) is 0 Å². The van der Waals surface area contributed by atoms with Crippen LogP contribution in [0.5, 0.6) is 0 Å². The molecule has 0 aliphatic carbocycles. The highest BCUT2D eigenvalue weighted by Gasteiger charge is 2.32. The maximum absolute atomic E-state index is 12.3. The molecular formula is C27H38N6O4. The molecule has 2 atom stereocenters. The number of aromatic nitrogens is 4. The maximum atomic E-state index is 12.3. The van der Waals surface area contributed by atoms with Gasteiger partial charge in [-0.15, -0.1) is 0 Å². The second-order valence-corrected chi connectivity index (χ2v) is 11.7. The number of nitrogens with zero attached hydrogens (tertiary/aromatic N) is 2. The van der Waals surface area contributed by atoms with Crippen molar-refractivity contribution in [2.24, 2.45) is 5.41 Å². The first-order valence-electron chi connectivity index (χ1n) is 12.0. The van der Waals surface area contributed by atoms with Gasteiger partial charge in [-0.3, -0.25) is 0 Å². The first-order chi connectivity index (χ1) is 16.9. The van der Waals surface area contributed by atoms with E-state index in [4.69, 9.17) is 9.47 Å². The lowest BCUT2D eigenvalue weighted by molar-refractivity contribution is 0.0456. The molecule has 0 radical (unpaired) electrons. The Hall–Kier alpha value is -3.92. The third kappa shape index (κ3) is 10.3. The number of imidazole rings is 2. The molecule has 0 aliphatic heterocycles. The maximum Gasteiger partial charge on any atom is 0.408 e. The van der Waals surface area contributed by atoms with E-state index >= 15 is 0 Å². The van der Waals surface area contributed by atoms with E-state index in [0.29, 0.717) is 23.0 Å². The molecule has 0 unspecified atom stereocenters. The van der Waals surface area contributed by atoms with Crippen LogP contribution in [0, 0.1) is 29.1 Å². The zero-order valence-corrected chi connectivity index (χ0v) is 23.3. The van der Waals surface area contributed by atoms with Crippen molar-refractivity contribution in [1.29, 1.82) is 0 Å². The minimum absolute atomic E-state index is 0.326. The fourth-order valence-electron chi connectivity index (χ4n) is 3.04. The highest BCUT2D eigenvalue weighted by molar-refractivity contribution is 5.68. The number of nitrogens with one attached hydrogen (secondary N) is 4. The summed E-state index contributed by atoms with van der Waals surface area (Å²) >= 11 is 0. The Morgan fingerprint density at radius 1 is 0.784 bits per heavy atom. The van der Waals surface area contributed by atoms with E-state index in [2.05, 4.69) is 54.3 Å². The largest absolute Gasteiger partial charge is 0.444 e. The second-order valence-electron chi connectivity index (χ2n) is 11.7. The number of rotatable bonds is 4. The number of amides is 2. The van der Waals surface area contributed by atoms with E-state index in [9.17, 15) is 9.59 Å². The lowest BCUT2D eigenvalue weighted by atomic mass is 9.86. The number of H-pyrrole nitrogens is 2. The molecule has 4 N–H and O–H groups in total. The Labute approximate surface area is 219 Å². The fourth-order valence-corrected chi connectivity index (χ4v) is 3.04. The average Bonchev–Trinajstić information content (AvgIpc) is 3.35. The molecule has 2 aromatic rings. The van der Waals surface area contributed by atoms with Crippen LogP contribution in [0.25, 0.3) is 0 Å². The van der Waals surface area contributed by atoms with Crippen LogP contribution in [0.1, 0.15) is 104 Å². The molecule has 0 spiro atoms. The van der Waals surface area contributed by atoms with Gasteiger partial charge in [0.15, 0.2) is 0 Å². The number of alkyl carbamates (subject to hydrolysis) is 2. The van der Waals surface area contributed by atoms with Crippen LogP contribution in [0.15, 0.2) is 12.4 Å². The number of aromatic amines is 2. The molecule has 2 amide bonds. The average molecular weight is 511 g/mol. The zero-order chi connectivity index (χ0) is 28.0. The van der Waals surface area contributed by atoms with Crippen LogP contribution in [-0.4, -0.2) is 43.3 Å². The summed E-state index contributed by atoms with van der Waals surface area (Å²) in [7, 11) is 0. The van der Waals surface area contributed by atoms with E-state index in [-0.39, 0.29) is 11.5 Å². The van der Waals surface area contributed by atoms with Gasteiger partial charge in [-0.05, 0) is 77.6 Å². The van der Waals surface area contributed by atoms with Gasteiger partial charge in [0.25, 0.3) is 0 Å². The number of ether oxygens (including phenoxy) is 2. The predicted molar refractivity (Wildman–Crippen MR) is 140 cm³/mol. The van der Waals surface area contributed by atoms with Crippen molar-refractivity contribution in [1.82, 2.24) is 30.6 Å². The molecule has 2 heterocycles. The van der Waals surface area contributed by atoms with Crippen molar-refractivity contribution in [2.45, 2.75) is 92.5 Å². The second kappa shape index (κ2) is 11.4. The van der Waals surface area contributed by atoms with Crippen LogP contribution < -0.4 is 10.6 Å². The Balaban J connectivity index is 2.05. The van der Waals surface area contributed by atoms with Crippen molar-refractivity contribution >= 4 is 12.2 Å². The minimum Gasteiger partial charge on any atom is -0.444 e. The molecule has 200 valence electrons. The smallest absolute Gasteiger partial charge is 0.408 e. The minimum atomic E-state index is -0.604. The van der Waals surface area contributed by atoms with Crippen LogP contribution >= 0.6 is 0 Å². The highest BCUT2D eigenvalue weighted by atomic mass is 16.6. The monoisotopic (exact) mass is 510 g/mol. The van der Waals surface area contributed by atoms with Crippen LogP contribution in [0.4, 0.5) is 9.59 Å². The van der Waals surface area contributed by atoms with Crippen LogP contribution in [0.2, 0.25) is 0 Å². The Kier molecular flexibility index (Phi) is 9.05. The summed E-state index contributed by atoms with van der Waals surface area (Å²) in [5.74, 6) is 12.5. The molecule has 0 bridgehead atoms. The number of carbonyl (C=O) groups is 2. The van der Waals surface area contributed by atoms with E-state index in [1.807, 2.05) is 41.5 Å². The molecule has 2 rings (SSSR count). The molecule has 2 aromatic heterocycles. The third-order valence-corrected chi connectivity index (χ3v) is 4.59. The van der Waals surface area contributed by atoms with Crippen molar-refractivity contribution in [2.75, 3.05) is 0 Å². The summed E-state index contributed by atoms with van der Waals surface area (Å²) in [5.41, 5.74) is -0.396. The topological polar surface area (TPSA) is 134 Å². The van der Waals surface area contributed by atoms with Gasteiger partial charge in [-0.25, -0.2) is 19.6 Å². The molecule has 10 nitrogen and oxygen atoms in total. The van der Waals surface area contributed by atoms with E-state index < -0.39 is 29.4 Å². The number of hydrogen-bond donors (Lipinski definition) is 4. The van der Waals surface area contributed by atoms with Gasteiger partial charge >= 0.3 is 12.2 Å². The quantitative estimate of drug-likeness (QED) is 0.439. The van der Waals surface area contributed by atoms with Crippen LogP contribution in [-0.2, 0) is 9.47 Å². The van der Waals surface area contributed by atoms with Gasteiger partial charge in [0, 0.05) is 0 Å². The van der Waals surface area contributed by atoms with Crippen LogP contribution in [0.3, 0.4) is 0 Å². The molecule has 0 aromatic carbocycles. The lowest BCUT2D eigenvalue weighted by Crippen LogP contribution is -2.40. The third-order valence-electron chi connectivity index (χ3n) is 4.59. The summed E-state index contributed by atoms with van der Waals surface area (Å²) < 4.78 is 10.7. The Bertz CT molecular complexity index is 1220. The van der Waals surface area contributed by atoms with Crippen molar-refractivity contribution in [3.63, 3.8) is 0 Å². The summed E-state index contributed by atoms with van der Waals surface area (Å²) in [6.45, 7) is 18.6. The summed E-state index contributed by atoms with van der Waals surface area (Å²) in [6.07, 6.45) is 2.13. The normalized spacial score (nSPS) is 13.2. The van der Waals surface area contributed by atoms with Crippen molar-refractivity contribution in [3.05, 3.63) is 35.4 Å². The number of hydrogen-bond acceptors (Lipinski definition) is 6. The molecule has 0 fully saturated rings. The summed E-state index contributed by atoms with van der Waals surface area (Å²) in [5, 5.41) is 5.61. The molecule has 10 heteroatoms. The Morgan fingerprint density at radius 2 is 1.22 bits per heavy atom. The predicted octanol–water partition coefficient (Wildman–Crippen LogP) is 4.73. The zero-order valence-electron chi connectivity index (χ0n) is 23.3. The standard InChI is InChI=1S/C27H38N6O4/c1-17(30-23(34)36-26(5,6)7)21-28-15-18(31-21)13-11-12-14-19-16-29-22(32-19)20(25(2,3)4)33-24(35)37-27(8,9)10/h15-17,20H,1-10H3,(H,28,31)(H,29,32)(H,30,34)(H,33,35)/t17-,20+/m0/s1. The van der Waals surface area contributed by atoms with Gasteiger partial charge in [0.05, 0.1) is 24.5 Å². The first-order valence-corrected chi connectivity index (χ1v) is 12.0. The van der Waals surface area contributed by atoms with Gasteiger partial charge in [0.2, 0.25) is 0 Å². The molecule has 0 saturated carbocycles. The van der Waals surface area contributed by atoms with Gasteiger partial charge in [0.1, 0.15) is 34.2 Å². The summed E-state index contributed by atoms with van der Waals surface area (Å²) in [6, 6.07) is -0.798. The fraction of sp³-hybridized carbons (Fsp3) is 0.556. The molecule has 37 heavy (non-hydrogen) atoms. The Morgan fingerprint density at radius 3 is 1.68 bits per heavy atom. The summed E-state index contributed by atoms with van der Waals surface area (Å²) in [4.78, 5) is 39.1. The molecule has 0 aliphatic rings. The molecular weight excluding hydrogens is 472 g/mol.